The van der Waals surface area contributed by atoms with E-state index in [-0.39, 0.29) is 12.3 Å². The van der Waals surface area contributed by atoms with E-state index in [9.17, 15) is 19.7 Å². The van der Waals surface area contributed by atoms with Crippen LogP contribution in [0.2, 0.25) is 0 Å². The van der Waals surface area contributed by atoms with Crippen LogP contribution in [0.3, 0.4) is 0 Å². The van der Waals surface area contributed by atoms with Gasteiger partial charge >= 0.3 is 5.97 Å². The van der Waals surface area contributed by atoms with Crippen molar-refractivity contribution in [1.82, 2.24) is 15.1 Å². The lowest BCUT2D eigenvalue weighted by Crippen LogP contribution is -2.57. The molecule has 0 saturated carbocycles. The van der Waals surface area contributed by atoms with Crippen LogP contribution in [0.15, 0.2) is 29.3 Å². The van der Waals surface area contributed by atoms with Gasteiger partial charge in [-0.3, -0.25) is 25.0 Å². The molecule has 1 N–H and O–H groups in total. The van der Waals surface area contributed by atoms with E-state index in [4.69, 9.17) is 4.74 Å². The number of nitrogens with zero attached hydrogens (tertiary/aromatic N) is 4. The molecule has 1 aromatic rings. The second-order valence-corrected chi connectivity index (χ2v) is 6.89. The average Bonchev–Trinajstić information content (AvgIpc) is 2.73. The lowest BCUT2D eigenvalue weighted by molar-refractivity contribution is -0.384. The monoisotopic (exact) mass is 403 g/mol. The summed E-state index contributed by atoms with van der Waals surface area (Å²) in [5.41, 5.74) is 0.307. The van der Waals surface area contributed by atoms with E-state index in [2.05, 4.69) is 22.1 Å². The number of non-ortho nitro benzene ring substituents is 1. The van der Waals surface area contributed by atoms with Gasteiger partial charge in [0.25, 0.3) is 5.69 Å². The van der Waals surface area contributed by atoms with Crippen LogP contribution in [-0.2, 0) is 14.3 Å². The molecule has 0 bridgehead atoms. The number of benzene rings is 1. The van der Waals surface area contributed by atoms with Crippen molar-refractivity contribution in [2.75, 3.05) is 39.3 Å². The van der Waals surface area contributed by atoms with Crippen LogP contribution in [0.4, 0.5) is 5.69 Å². The van der Waals surface area contributed by atoms with Crippen LogP contribution in [0.5, 0.6) is 0 Å². The van der Waals surface area contributed by atoms with Crippen LogP contribution < -0.4 is 5.32 Å². The topological polar surface area (TPSA) is 117 Å². The molecule has 2 aliphatic heterocycles. The Morgan fingerprint density at radius 2 is 2.03 bits per heavy atom. The molecule has 10 nitrogen and oxygen atoms in total. The van der Waals surface area contributed by atoms with Gasteiger partial charge in [-0.1, -0.05) is 19.1 Å². The lowest BCUT2D eigenvalue weighted by Gasteiger charge is -2.38. The molecular weight excluding hydrogens is 378 g/mol. The molecule has 1 amide bonds. The third-order valence-corrected chi connectivity index (χ3v) is 5.18. The van der Waals surface area contributed by atoms with Crippen LogP contribution in [0.1, 0.15) is 25.5 Å². The van der Waals surface area contributed by atoms with E-state index in [0.29, 0.717) is 24.6 Å². The maximum Gasteiger partial charge on any atom is 0.321 e. The summed E-state index contributed by atoms with van der Waals surface area (Å²) >= 11 is 0. The van der Waals surface area contributed by atoms with E-state index in [0.717, 1.165) is 19.6 Å². The fraction of sp³-hybridized carbons (Fsp3) is 0.526. The molecule has 0 radical (unpaired) electrons. The predicted octanol–water partition coefficient (Wildman–Crippen LogP) is 0.939. The normalized spacial score (nSPS) is 22.6. The number of hydrogen-bond donors (Lipinski definition) is 1. The first-order valence-electron chi connectivity index (χ1n) is 9.71. The molecule has 0 aliphatic carbocycles. The van der Waals surface area contributed by atoms with Crippen molar-refractivity contribution in [3.8, 4) is 0 Å². The minimum atomic E-state index is -1.20. The molecule has 10 heteroatoms. The maximum absolute atomic E-state index is 12.8. The van der Waals surface area contributed by atoms with Crippen molar-refractivity contribution < 1.29 is 19.2 Å². The van der Waals surface area contributed by atoms with E-state index in [1.54, 1.807) is 13.0 Å². The first-order valence-corrected chi connectivity index (χ1v) is 9.71. The largest absolute Gasteiger partial charge is 0.465 e. The molecule has 2 atom stereocenters. The number of likely N-dealkylation sites (N-methyl/N-ethyl adjacent to an activating group) is 1. The van der Waals surface area contributed by atoms with Crippen molar-refractivity contribution in [2.24, 2.45) is 10.9 Å². The Morgan fingerprint density at radius 3 is 2.66 bits per heavy atom. The van der Waals surface area contributed by atoms with Gasteiger partial charge in [0.2, 0.25) is 11.9 Å². The van der Waals surface area contributed by atoms with E-state index in [1.165, 1.54) is 18.2 Å². The van der Waals surface area contributed by atoms with Gasteiger partial charge in [0.1, 0.15) is 6.04 Å². The summed E-state index contributed by atoms with van der Waals surface area (Å²) < 4.78 is 5.07. The number of nitro groups is 1. The number of carbonyl (C=O) groups excluding carboxylic acids is 2. The molecule has 0 unspecified atom stereocenters. The van der Waals surface area contributed by atoms with Gasteiger partial charge in [-0.2, -0.15) is 0 Å². The SMILES string of the molecule is CCOC(=O)[C@@H]1C(=O)NC(N2CCN(CC)CC2)=N[C@@H]1c1cccc([N+](=O)[O-])c1. The summed E-state index contributed by atoms with van der Waals surface area (Å²) in [6.07, 6.45) is 0. The number of nitro benzene ring substituents is 1. The summed E-state index contributed by atoms with van der Waals surface area (Å²) in [4.78, 5) is 44.8. The van der Waals surface area contributed by atoms with E-state index in [1.807, 2.05) is 4.90 Å². The summed E-state index contributed by atoms with van der Waals surface area (Å²) in [6.45, 7) is 7.90. The molecule has 2 heterocycles. The van der Waals surface area contributed by atoms with E-state index >= 15 is 0 Å². The van der Waals surface area contributed by atoms with Crippen LogP contribution >= 0.6 is 0 Å². The van der Waals surface area contributed by atoms with Crippen molar-refractivity contribution in [2.45, 2.75) is 19.9 Å². The standard InChI is InChI=1S/C19H25N5O5/c1-3-22-8-10-23(11-9-22)19-20-16(13-6-5-7-14(12-13)24(27)28)15(17(25)21-19)18(26)29-4-2/h5-7,12,15-16H,3-4,8-11H2,1-2H3,(H,20,21,25)/t15-,16+/m0/s1. The number of amides is 1. The quantitative estimate of drug-likeness (QED) is 0.336. The molecule has 29 heavy (non-hydrogen) atoms. The number of piperazine rings is 1. The number of esters is 1. The molecule has 1 saturated heterocycles. The molecule has 0 spiro atoms. The summed E-state index contributed by atoms with van der Waals surface area (Å²) in [7, 11) is 0. The van der Waals surface area contributed by atoms with Crippen molar-refractivity contribution >= 4 is 23.5 Å². The number of rotatable bonds is 5. The smallest absolute Gasteiger partial charge is 0.321 e. The Hall–Kier alpha value is -3.01. The predicted molar refractivity (Wildman–Crippen MR) is 105 cm³/mol. The summed E-state index contributed by atoms with van der Waals surface area (Å²) in [5, 5.41) is 13.9. The van der Waals surface area contributed by atoms with E-state index < -0.39 is 28.8 Å². The Bertz CT molecular complexity index is 819. The fourth-order valence-electron chi connectivity index (χ4n) is 3.56. The number of ether oxygens (including phenoxy) is 1. The molecule has 2 aliphatic rings. The van der Waals surface area contributed by atoms with Crippen molar-refractivity contribution in [3.05, 3.63) is 39.9 Å². The highest BCUT2D eigenvalue weighted by Crippen LogP contribution is 2.32. The van der Waals surface area contributed by atoms with Gasteiger partial charge < -0.3 is 14.5 Å². The number of hydrogen-bond acceptors (Lipinski definition) is 8. The molecular formula is C19H25N5O5. The zero-order valence-electron chi connectivity index (χ0n) is 16.5. The van der Waals surface area contributed by atoms with Gasteiger partial charge in [0.15, 0.2) is 5.92 Å². The maximum atomic E-state index is 12.8. The van der Waals surface area contributed by atoms with Gasteiger partial charge in [0.05, 0.1) is 11.5 Å². The molecule has 3 rings (SSSR count). The minimum absolute atomic E-state index is 0.121. The number of carbonyl (C=O) groups is 2. The molecule has 156 valence electrons. The second-order valence-electron chi connectivity index (χ2n) is 6.89. The zero-order valence-corrected chi connectivity index (χ0v) is 16.5. The number of nitrogens with one attached hydrogen (secondary N) is 1. The highest BCUT2D eigenvalue weighted by Gasteiger charge is 2.42. The Kier molecular flexibility index (Phi) is 6.42. The Morgan fingerprint density at radius 1 is 1.31 bits per heavy atom. The Balaban J connectivity index is 1.95. The van der Waals surface area contributed by atoms with Gasteiger partial charge in [-0.25, -0.2) is 4.99 Å². The highest BCUT2D eigenvalue weighted by atomic mass is 16.6. The molecule has 0 aromatic heterocycles. The van der Waals surface area contributed by atoms with Crippen LogP contribution in [-0.4, -0.2) is 71.9 Å². The molecule has 1 aromatic carbocycles. The zero-order chi connectivity index (χ0) is 21.0. The first-order chi connectivity index (χ1) is 13.9. The number of guanidine groups is 1. The lowest BCUT2D eigenvalue weighted by atomic mass is 9.91. The summed E-state index contributed by atoms with van der Waals surface area (Å²) in [5.74, 6) is -2.01. The third kappa shape index (κ3) is 4.53. The first kappa shape index (κ1) is 20.7. The fourth-order valence-corrected chi connectivity index (χ4v) is 3.56. The Labute approximate surface area is 168 Å². The third-order valence-electron chi connectivity index (χ3n) is 5.18. The van der Waals surface area contributed by atoms with Gasteiger partial charge in [0, 0.05) is 38.3 Å². The second kappa shape index (κ2) is 8.99. The van der Waals surface area contributed by atoms with Crippen molar-refractivity contribution in [3.63, 3.8) is 0 Å². The molecule has 1 fully saturated rings. The average molecular weight is 403 g/mol. The van der Waals surface area contributed by atoms with Crippen molar-refractivity contribution in [1.29, 1.82) is 0 Å². The van der Waals surface area contributed by atoms with Crippen LogP contribution in [0.25, 0.3) is 0 Å². The summed E-state index contributed by atoms with van der Waals surface area (Å²) in [6, 6.07) is 4.99. The van der Waals surface area contributed by atoms with Gasteiger partial charge in [-0.05, 0) is 19.0 Å². The minimum Gasteiger partial charge on any atom is -0.465 e. The number of aliphatic imine (C=N–C) groups is 1. The highest BCUT2D eigenvalue weighted by molar-refractivity contribution is 6.08. The van der Waals surface area contributed by atoms with Crippen LogP contribution in [0, 0.1) is 16.0 Å². The van der Waals surface area contributed by atoms with Gasteiger partial charge in [-0.15, -0.1) is 0 Å².